The maximum atomic E-state index is 9.87. The zero-order valence-corrected chi connectivity index (χ0v) is 10.0. The van der Waals surface area contributed by atoms with Crippen LogP contribution in [-0.4, -0.2) is 16.9 Å². The summed E-state index contributed by atoms with van der Waals surface area (Å²) in [6.45, 7) is 1.24. The third-order valence-electron chi connectivity index (χ3n) is 1.36. The highest BCUT2D eigenvalue weighted by molar-refractivity contribution is 6.36. The molecule has 0 amide bonds. The van der Waals surface area contributed by atoms with Crippen molar-refractivity contribution in [3.05, 3.63) is 28.2 Å². The first kappa shape index (κ1) is 14.7. The highest BCUT2D eigenvalue weighted by atomic mass is 35.5. The van der Waals surface area contributed by atoms with E-state index in [1.54, 1.807) is 18.2 Å². The Morgan fingerprint density at radius 2 is 1.94 bits per heavy atom. The van der Waals surface area contributed by atoms with E-state index < -0.39 is 5.97 Å². The minimum Gasteiger partial charge on any atom is -0.481 e. The highest BCUT2D eigenvalue weighted by Gasteiger charge is 1.98. The second-order valence-electron chi connectivity index (χ2n) is 2.94. The van der Waals surface area contributed by atoms with Gasteiger partial charge in [-0.25, -0.2) is 0 Å². The first-order valence-electron chi connectivity index (χ1n) is 4.24. The van der Waals surface area contributed by atoms with Crippen LogP contribution in [0.2, 0.25) is 10.0 Å². The molecule has 0 saturated heterocycles. The molecule has 0 unspecified atom stereocenters. The minimum atomic E-state index is -1.06. The van der Waals surface area contributed by atoms with Crippen molar-refractivity contribution in [3.63, 3.8) is 0 Å². The number of hydrogen-bond donors (Lipinski definition) is 2. The maximum Gasteiger partial charge on any atom is 0.310 e. The second kappa shape index (κ2) is 7.09. The Morgan fingerprint density at radius 1 is 1.38 bits per heavy atom. The van der Waals surface area contributed by atoms with Gasteiger partial charge >= 0.3 is 5.97 Å². The summed E-state index contributed by atoms with van der Waals surface area (Å²) in [5, 5.41) is 8.97. The number of hydrogen-bond acceptors (Lipinski definition) is 3. The summed E-state index contributed by atoms with van der Waals surface area (Å²) in [6.07, 6.45) is -0.361. The van der Waals surface area contributed by atoms with Crippen molar-refractivity contribution < 1.29 is 14.7 Å². The van der Waals surface area contributed by atoms with E-state index in [2.05, 4.69) is 0 Å². The quantitative estimate of drug-likeness (QED) is 0.635. The number of benzene rings is 1. The Balaban J connectivity index is 0.000000293. The standard InChI is InChI=1S/C6H5Cl2N.C4H6O3/c7-4-1-2-6(9)5(8)3-4;1-3(5)2-4(6)7/h1-3H,9H2;2H2,1H3,(H,6,7). The van der Waals surface area contributed by atoms with E-state index in [1.807, 2.05) is 0 Å². The molecule has 0 aliphatic carbocycles. The number of ketones is 1. The van der Waals surface area contributed by atoms with E-state index in [0.29, 0.717) is 15.7 Å². The number of nitrogens with two attached hydrogens (primary N) is 1. The SMILES string of the molecule is CC(=O)CC(=O)O.Nc1ccc(Cl)cc1Cl. The number of carboxylic acids is 1. The molecule has 0 spiro atoms. The summed E-state index contributed by atoms with van der Waals surface area (Å²) in [6, 6.07) is 4.98. The second-order valence-corrected chi connectivity index (χ2v) is 3.78. The van der Waals surface area contributed by atoms with Crippen LogP contribution in [0.5, 0.6) is 0 Å². The van der Waals surface area contributed by atoms with Crippen LogP contribution < -0.4 is 5.73 Å². The number of halogens is 2. The Bertz CT molecular complexity index is 382. The molecular formula is C10H11Cl2NO3. The minimum absolute atomic E-state index is 0.312. The Hall–Kier alpha value is -1.26. The molecule has 6 heteroatoms. The number of carbonyl (C=O) groups is 2. The number of aliphatic carboxylic acids is 1. The van der Waals surface area contributed by atoms with Crippen LogP contribution >= 0.6 is 23.2 Å². The molecular weight excluding hydrogens is 253 g/mol. The molecule has 0 atom stereocenters. The molecule has 1 aromatic carbocycles. The number of carbonyl (C=O) groups excluding carboxylic acids is 1. The Morgan fingerprint density at radius 3 is 2.19 bits per heavy atom. The van der Waals surface area contributed by atoms with Gasteiger partial charge in [0.05, 0.1) is 10.7 Å². The average molecular weight is 264 g/mol. The lowest BCUT2D eigenvalue weighted by molar-refractivity contribution is -0.139. The average Bonchev–Trinajstić information content (AvgIpc) is 2.10. The molecule has 16 heavy (non-hydrogen) atoms. The number of carboxylic acid groups (broad SMARTS) is 1. The van der Waals surface area contributed by atoms with Crippen LogP contribution in [-0.2, 0) is 9.59 Å². The van der Waals surface area contributed by atoms with Gasteiger partial charge in [-0.05, 0) is 25.1 Å². The summed E-state index contributed by atoms with van der Waals surface area (Å²) >= 11 is 11.2. The van der Waals surface area contributed by atoms with Gasteiger partial charge in [0.15, 0.2) is 0 Å². The number of Topliss-reactive ketones (excluding diaryl/α,β-unsaturated/α-hetero) is 1. The van der Waals surface area contributed by atoms with Crippen LogP contribution in [0, 0.1) is 0 Å². The number of nitrogen functional groups attached to an aromatic ring is 1. The summed E-state index contributed by atoms with van der Waals surface area (Å²) in [4.78, 5) is 19.5. The molecule has 0 fully saturated rings. The van der Waals surface area contributed by atoms with Crippen molar-refractivity contribution in [3.8, 4) is 0 Å². The van der Waals surface area contributed by atoms with Crippen LogP contribution in [0.1, 0.15) is 13.3 Å². The van der Waals surface area contributed by atoms with Gasteiger partial charge < -0.3 is 10.8 Å². The lowest BCUT2D eigenvalue weighted by atomic mass is 10.3. The molecule has 4 nitrogen and oxygen atoms in total. The predicted octanol–water partition coefficient (Wildman–Crippen LogP) is 2.63. The van der Waals surface area contributed by atoms with Gasteiger partial charge in [-0.2, -0.15) is 0 Å². The first-order chi connectivity index (χ1) is 7.32. The fourth-order valence-corrected chi connectivity index (χ4v) is 1.12. The summed E-state index contributed by atoms with van der Waals surface area (Å²) in [7, 11) is 0. The molecule has 0 aromatic heterocycles. The monoisotopic (exact) mass is 263 g/mol. The zero-order valence-electron chi connectivity index (χ0n) is 8.54. The van der Waals surface area contributed by atoms with Gasteiger partial charge in [0.25, 0.3) is 0 Å². The van der Waals surface area contributed by atoms with Crippen molar-refractivity contribution in [1.29, 1.82) is 0 Å². The van der Waals surface area contributed by atoms with Gasteiger partial charge in [0, 0.05) is 5.02 Å². The topological polar surface area (TPSA) is 80.4 Å². The summed E-state index contributed by atoms with van der Waals surface area (Å²) < 4.78 is 0. The zero-order chi connectivity index (χ0) is 12.7. The van der Waals surface area contributed by atoms with Crippen LogP contribution in [0.4, 0.5) is 5.69 Å². The van der Waals surface area contributed by atoms with Crippen molar-refractivity contribution in [1.82, 2.24) is 0 Å². The molecule has 0 radical (unpaired) electrons. The molecule has 3 N–H and O–H groups in total. The normalized spacial score (nSPS) is 8.94. The molecule has 0 aliphatic heterocycles. The Labute approximate surface area is 103 Å². The molecule has 1 rings (SSSR count). The van der Waals surface area contributed by atoms with Crippen molar-refractivity contribution in [2.45, 2.75) is 13.3 Å². The van der Waals surface area contributed by atoms with Crippen LogP contribution in [0.25, 0.3) is 0 Å². The van der Waals surface area contributed by atoms with Crippen LogP contribution in [0.3, 0.4) is 0 Å². The van der Waals surface area contributed by atoms with E-state index in [1.165, 1.54) is 6.92 Å². The van der Waals surface area contributed by atoms with Gasteiger partial charge in [-0.3, -0.25) is 9.59 Å². The Kier molecular flexibility index (Phi) is 6.53. The molecule has 0 aliphatic rings. The largest absolute Gasteiger partial charge is 0.481 e. The molecule has 1 aromatic rings. The summed E-state index contributed by atoms with van der Waals surface area (Å²) in [5.74, 6) is -1.37. The fourth-order valence-electron chi connectivity index (χ4n) is 0.714. The third kappa shape index (κ3) is 7.09. The van der Waals surface area contributed by atoms with Gasteiger partial charge in [-0.1, -0.05) is 23.2 Å². The van der Waals surface area contributed by atoms with E-state index >= 15 is 0 Å². The fraction of sp³-hybridized carbons (Fsp3) is 0.200. The van der Waals surface area contributed by atoms with Gasteiger partial charge in [0.1, 0.15) is 12.2 Å². The smallest absolute Gasteiger partial charge is 0.310 e. The lowest BCUT2D eigenvalue weighted by Crippen LogP contribution is -2.00. The van der Waals surface area contributed by atoms with Crippen molar-refractivity contribution in [2.75, 3.05) is 5.73 Å². The maximum absolute atomic E-state index is 9.87. The van der Waals surface area contributed by atoms with Crippen molar-refractivity contribution in [2.24, 2.45) is 0 Å². The molecule has 88 valence electrons. The first-order valence-corrected chi connectivity index (χ1v) is 5.00. The van der Waals surface area contributed by atoms with Gasteiger partial charge in [0.2, 0.25) is 0 Å². The van der Waals surface area contributed by atoms with E-state index in [-0.39, 0.29) is 12.2 Å². The van der Waals surface area contributed by atoms with Crippen LogP contribution in [0.15, 0.2) is 18.2 Å². The van der Waals surface area contributed by atoms with Gasteiger partial charge in [-0.15, -0.1) is 0 Å². The van der Waals surface area contributed by atoms with E-state index in [9.17, 15) is 9.59 Å². The number of anilines is 1. The lowest BCUT2D eigenvalue weighted by Gasteiger charge is -1.94. The third-order valence-corrected chi connectivity index (χ3v) is 1.93. The summed E-state index contributed by atoms with van der Waals surface area (Å²) in [5.41, 5.74) is 5.95. The van der Waals surface area contributed by atoms with Crippen molar-refractivity contribution >= 4 is 40.6 Å². The predicted molar refractivity (Wildman–Crippen MR) is 63.8 cm³/mol. The van der Waals surface area contributed by atoms with E-state index in [4.69, 9.17) is 34.0 Å². The molecule has 0 saturated carbocycles. The molecule has 0 bridgehead atoms. The highest BCUT2D eigenvalue weighted by Crippen LogP contribution is 2.21. The number of rotatable bonds is 2. The molecule has 0 heterocycles. The van der Waals surface area contributed by atoms with E-state index in [0.717, 1.165) is 0 Å².